The number of hydrogen-bond acceptors (Lipinski definition) is 4. The van der Waals surface area contributed by atoms with Crippen molar-refractivity contribution in [1.29, 1.82) is 0 Å². The highest BCUT2D eigenvalue weighted by molar-refractivity contribution is 14.1. The summed E-state index contributed by atoms with van der Waals surface area (Å²) in [4.78, 5) is 0. The number of nitrogens with zero attached hydrogens (tertiary/aromatic N) is 2. The molecule has 0 spiro atoms. The van der Waals surface area contributed by atoms with Crippen molar-refractivity contribution in [3.63, 3.8) is 0 Å². The Morgan fingerprint density at radius 3 is 2.58 bits per heavy atom. The lowest BCUT2D eigenvalue weighted by Gasteiger charge is -2.13. The van der Waals surface area contributed by atoms with Gasteiger partial charge in [-0.25, -0.2) is 4.68 Å². The molecule has 0 atom stereocenters. The molecule has 0 aliphatic rings. The summed E-state index contributed by atoms with van der Waals surface area (Å²) in [5.41, 5.74) is 7.94. The van der Waals surface area contributed by atoms with Crippen molar-refractivity contribution in [1.82, 2.24) is 9.78 Å². The molecule has 0 bridgehead atoms. The van der Waals surface area contributed by atoms with Crippen LogP contribution in [-0.2, 0) is 6.54 Å². The van der Waals surface area contributed by atoms with Crippen LogP contribution in [0.5, 0.6) is 11.5 Å². The smallest absolute Gasteiger partial charge is 0.165 e. The van der Waals surface area contributed by atoms with Gasteiger partial charge in [0.2, 0.25) is 0 Å². The number of benzene rings is 1. The maximum atomic E-state index is 6.03. The average Bonchev–Trinajstić information content (AvgIpc) is 2.66. The summed E-state index contributed by atoms with van der Waals surface area (Å²) in [6, 6.07) is 5.77. The summed E-state index contributed by atoms with van der Waals surface area (Å²) in [7, 11) is 3.25. The summed E-state index contributed by atoms with van der Waals surface area (Å²) in [5.74, 6) is 2.09. The number of hydrogen-bond donors (Lipinski definition) is 1. The molecular formula is C13H16IN3O2. The monoisotopic (exact) mass is 373 g/mol. The maximum absolute atomic E-state index is 6.03. The number of nitrogen functional groups attached to an aromatic ring is 1. The molecule has 0 unspecified atom stereocenters. The van der Waals surface area contributed by atoms with E-state index in [4.69, 9.17) is 15.2 Å². The van der Waals surface area contributed by atoms with Gasteiger partial charge in [0.05, 0.1) is 30.0 Å². The van der Waals surface area contributed by atoms with Crippen molar-refractivity contribution in [3.05, 3.63) is 33.0 Å². The molecule has 0 amide bonds. The molecule has 5 nitrogen and oxygen atoms in total. The van der Waals surface area contributed by atoms with E-state index in [9.17, 15) is 0 Å². The van der Waals surface area contributed by atoms with Crippen molar-refractivity contribution < 1.29 is 9.47 Å². The number of ether oxygens (including phenoxy) is 2. The van der Waals surface area contributed by atoms with E-state index in [0.717, 1.165) is 14.8 Å². The number of aryl methyl sites for hydroxylation is 1. The van der Waals surface area contributed by atoms with E-state index < -0.39 is 0 Å². The Labute approximate surface area is 125 Å². The van der Waals surface area contributed by atoms with Gasteiger partial charge in [0.1, 0.15) is 5.82 Å². The zero-order valence-corrected chi connectivity index (χ0v) is 13.3. The van der Waals surface area contributed by atoms with Crippen molar-refractivity contribution in [3.8, 4) is 11.5 Å². The number of aromatic nitrogens is 2. The molecule has 1 aromatic heterocycles. The first-order valence-electron chi connectivity index (χ1n) is 5.76. The number of halogens is 1. The Hall–Kier alpha value is -1.44. The van der Waals surface area contributed by atoms with Gasteiger partial charge in [-0.1, -0.05) is 12.1 Å². The van der Waals surface area contributed by atoms with Crippen LogP contribution in [0.15, 0.2) is 18.2 Å². The number of nitrogens with two attached hydrogens (primary N) is 1. The third kappa shape index (κ3) is 2.63. The first-order chi connectivity index (χ1) is 9.08. The van der Waals surface area contributed by atoms with E-state index >= 15 is 0 Å². The lowest BCUT2D eigenvalue weighted by molar-refractivity contribution is 0.350. The average molecular weight is 373 g/mol. The zero-order chi connectivity index (χ0) is 14.0. The topological polar surface area (TPSA) is 62.3 Å². The molecule has 19 heavy (non-hydrogen) atoms. The molecule has 0 saturated carbocycles. The van der Waals surface area contributed by atoms with Crippen molar-refractivity contribution in [2.24, 2.45) is 0 Å². The standard InChI is InChI=1S/C13H16IN3O2/c1-8-11(14)13(15)17(16-8)7-9-5-4-6-10(18-2)12(9)19-3/h4-6H,7,15H2,1-3H3. The second kappa shape index (κ2) is 5.68. The number of para-hydroxylation sites is 1. The Kier molecular flexibility index (Phi) is 4.18. The predicted molar refractivity (Wildman–Crippen MR) is 82.7 cm³/mol. The maximum Gasteiger partial charge on any atom is 0.165 e. The Balaban J connectivity index is 2.40. The summed E-state index contributed by atoms with van der Waals surface area (Å²) < 4.78 is 13.5. The van der Waals surface area contributed by atoms with Gasteiger partial charge < -0.3 is 15.2 Å². The molecule has 2 rings (SSSR count). The van der Waals surface area contributed by atoms with E-state index in [-0.39, 0.29) is 0 Å². The fraction of sp³-hybridized carbons (Fsp3) is 0.308. The van der Waals surface area contributed by atoms with Crippen LogP contribution in [0, 0.1) is 10.5 Å². The Bertz CT molecular complexity index is 596. The Morgan fingerprint density at radius 1 is 1.32 bits per heavy atom. The van der Waals surface area contributed by atoms with Crippen LogP contribution in [0.3, 0.4) is 0 Å². The highest BCUT2D eigenvalue weighted by Gasteiger charge is 2.14. The minimum Gasteiger partial charge on any atom is -0.493 e. The van der Waals surface area contributed by atoms with Gasteiger partial charge in [-0.2, -0.15) is 5.10 Å². The molecule has 0 aliphatic carbocycles. The summed E-state index contributed by atoms with van der Waals surface area (Å²) in [6.07, 6.45) is 0. The number of rotatable bonds is 4. The first-order valence-corrected chi connectivity index (χ1v) is 6.84. The van der Waals surface area contributed by atoms with Crippen molar-refractivity contribution >= 4 is 28.4 Å². The fourth-order valence-corrected chi connectivity index (χ4v) is 2.32. The molecule has 2 N–H and O–H groups in total. The highest BCUT2D eigenvalue weighted by atomic mass is 127. The van der Waals surface area contributed by atoms with Crippen LogP contribution in [0.25, 0.3) is 0 Å². The van der Waals surface area contributed by atoms with Crippen LogP contribution in [-0.4, -0.2) is 24.0 Å². The van der Waals surface area contributed by atoms with Gasteiger partial charge >= 0.3 is 0 Å². The third-order valence-corrected chi connectivity index (χ3v) is 4.23. The third-order valence-electron chi connectivity index (χ3n) is 2.90. The van der Waals surface area contributed by atoms with E-state index in [1.807, 2.05) is 25.1 Å². The second-order valence-electron chi connectivity index (χ2n) is 4.09. The molecule has 0 aliphatic heterocycles. The summed E-state index contributed by atoms with van der Waals surface area (Å²) in [5, 5.41) is 4.42. The summed E-state index contributed by atoms with van der Waals surface area (Å²) in [6.45, 7) is 2.49. The highest BCUT2D eigenvalue weighted by Crippen LogP contribution is 2.32. The molecule has 2 aromatic rings. The SMILES string of the molecule is COc1cccc(Cn2nc(C)c(I)c2N)c1OC. The Morgan fingerprint density at radius 2 is 2.05 bits per heavy atom. The lowest BCUT2D eigenvalue weighted by Crippen LogP contribution is -2.08. The van der Waals surface area contributed by atoms with Crippen molar-refractivity contribution in [2.75, 3.05) is 20.0 Å². The molecule has 0 fully saturated rings. The van der Waals surface area contributed by atoms with E-state index in [0.29, 0.717) is 23.9 Å². The van der Waals surface area contributed by atoms with E-state index in [1.165, 1.54) is 0 Å². The molecule has 102 valence electrons. The molecule has 0 saturated heterocycles. The van der Waals surface area contributed by atoms with Gasteiger partial charge in [0.15, 0.2) is 11.5 Å². The molecule has 1 aromatic carbocycles. The fourth-order valence-electron chi connectivity index (χ4n) is 1.94. The van der Waals surface area contributed by atoms with Crippen molar-refractivity contribution in [2.45, 2.75) is 13.5 Å². The molecule has 1 heterocycles. The largest absolute Gasteiger partial charge is 0.493 e. The second-order valence-corrected chi connectivity index (χ2v) is 5.17. The minimum atomic E-state index is 0.552. The van der Waals surface area contributed by atoms with E-state index in [2.05, 4.69) is 27.7 Å². The zero-order valence-electron chi connectivity index (χ0n) is 11.1. The predicted octanol–water partition coefficient (Wildman–Crippen LogP) is 2.44. The molecule has 6 heteroatoms. The minimum absolute atomic E-state index is 0.552. The van der Waals surface area contributed by atoms with E-state index in [1.54, 1.807) is 18.9 Å². The van der Waals surface area contributed by atoms with Gasteiger partial charge in [-0.05, 0) is 35.6 Å². The summed E-state index contributed by atoms with van der Waals surface area (Å²) >= 11 is 2.20. The van der Waals surface area contributed by atoms with Crippen LogP contribution >= 0.6 is 22.6 Å². The van der Waals surface area contributed by atoms with Crippen LogP contribution in [0.4, 0.5) is 5.82 Å². The van der Waals surface area contributed by atoms with Gasteiger partial charge in [-0.3, -0.25) is 0 Å². The van der Waals surface area contributed by atoms with Gasteiger partial charge in [-0.15, -0.1) is 0 Å². The number of methoxy groups -OCH3 is 2. The molecule has 0 radical (unpaired) electrons. The first kappa shape index (κ1) is 14.0. The lowest BCUT2D eigenvalue weighted by atomic mass is 10.2. The molecular weight excluding hydrogens is 357 g/mol. The quantitative estimate of drug-likeness (QED) is 0.837. The normalized spacial score (nSPS) is 10.5. The van der Waals surface area contributed by atoms with Crippen LogP contribution in [0.2, 0.25) is 0 Å². The van der Waals surface area contributed by atoms with Crippen LogP contribution < -0.4 is 15.2 Å². The van der Waals surface area contributed by atoms with Crippen LogP contribution in [0.1, 0.15) is 11.3 Å². The number of anilines is 1. The van der Waals surface area contributed by atoms with Gasteiger partial charge in [0.25, 0.3) is 0 Å². The van der Waals surface area contributed by atoms with Gasteiger partial charge in [0, 0.05) is 5.56 Å².